The number of anilines is 2. The largest absolute Gasteiger partial charge is 0.339 e. The lowest BCUT2D eigenvalue weighted by atomic mass is 10.2. The van der Waals surface area contributed by atoms with Gasteiger partial charge in [0.05, 0.1) is 10.7 Å². The van der Waals surface area contributed by atoms with Crippen LogP contribution in [0.15, 0.2) is 66.0 Å². The van der Waals surface area contributed by atoms with Crippen LogP contribution in [0, 0.1) is 0 Å². The Labute approximate surface area is 149 Å². The van der Waals surface area contributed by atoms with Crippen LogP contribution in [0.1, 0.15) is 5.56 Å². The summed E-state index contributed by atoms with van der Waals surface area (Å²) in [6.45, 7) is 0. The van der Waals surface area contributed by atoms with Gasteiger partial charge in [0.1, 0.15) is 5.82 Å². The van der Waals surface area contributed by atoms with Crippen LogP contribution in [0.3, 0.4) is 0 Å². The monoisotopic (exact) mass is 361 g/mol. The van der Waals surface area contributed by atoms with E-state index < -0.39 is 0 Å². The summed E-state index contributed by atoms with van der Waals surface area (Å²) in [7, 11) is 0. The van der Waals surface area contributed by atoms with Gasteiger partial charge in [0, 0.05) is 17.0 Å². The molecule has 3 rings (SSSR count). The van der Waals surface area contributed by atoms with Crippen LogP contribution < -0.4 is 5.32 Å². The maximum atomic E-state index is 6.16. The summed E-state index contributed by atoms with van der Waals surface area (Å²) < 4.78 is 0. The zero-order chi connectivity index (χ0) is 16.1. The highest BCUT2D eigenvalue weighted by molar-refractivity contribution is 7.98. The van der Waals surface area contributed by atoms with Crippen LogP contribution in [-0.4, -0.2) is 9.97 Å². The highest BCUT2D eigenvalue weighted by atomic mass is 35.5. The van der Waals surface area contributed by atoms with E-state index in [0.29, 0.717) is 21.0 Å². The summed E-state index contributed by atoms with van der Waals surface area (Å²) in [4.78, 5) is 8.78. The van der Waals surface area contributed by atoms with E-state index >= 15 is 0 Å². The number of hydrogen-bond donors (Lipinski definition) is 1. The standard InChI is InChI=1S/C17H13Cl2N3S/c18-13-6-7-14(19)15(10-13)21-16-8-9-20-17(22-16)23-11-12-4-2-1-3-5-12/h1-10H,11H2,(H,20,21,22). The van der Waals surface area contributed by atoms with Gasteiger partial charge in [-0.2, -0.15) is 0 Å². The van der Waals surface area contributed by atoms with E-state index in [1.807, 2.05) is 18.2 Å². The SMILES string of the molecule is Clc1ccc(Cl)c(Nc2ccnc(SCc3ccccc3)n2)c1. The molecule has 1 heterocycles. The van der Waals surface area contributed by atoms with Crippen molar-refractivity contribution in [3.8, 4) is 0 Å². The fraction of sp³-hybridized carbons (Fsp3) is 0.0588. The van der Waals surface area contributed by atoms with Gasteiger partial charge in [-0.05, 0) is 29.8 Å². The molecule has 0 bridgehead atoms. The number of halogens is 2. The molecule has 0 fully saturated rings. The lowest BCUT2D eigenvalue weighted by Gasteiger charge is -2.09. The molecule has 3 nitrogen and oxygen atoms in total. The van der Waals surface area contributed by atoms with Crippen molar-refractivity contribution in [3.05, 3.63) is 76.4 Å². The average molecular weight is 362 g/mol. The average Bonchev–Trinajstić information content (AvgIpc) is 2.58. The van der Waals surface area contributed by atoms with Gasteiger partial charge in [-0.3, -0.25) is 0 Å². The molecule has 2 aromatic carbocycles. The third-order valence-electron chi connectivity index (χ3n) is 3.04. The van der Waals surface area contributed by atoms with Crippen molar-refractivity contribution in [1.82, 2.24) is 9.97 Å². The normalized spacial score (nSPS) is 10.5. The van der Waals surface area contributed by atoms with E-state index in [-0.39, 0.29) is 0 Å². The molecule has 3 aromatic rings. The molecular weight excluding hydrogens is 349 g/mol. The molecule has 0 saturated carbocycles. The number of hydrogen-bond acceptors (Lipinski definition) is 4. The molecule has 0 amide bonds. The Morgan fingerprint density at radius 1 is 1.00 bits per heavy atom. The second-order valence-corrected chi connectivity index (χ2v) is 6.53. The Hall–Kier alpha value is -1.75. The van der Waals surface area contributed by atoms with Crippen molar-refractivity contribution < 1.29 is 0 Å². The Kier molecular flexibility index (Phi) is 5.39. The number of nitrogens with one attached hydrogen (secondary N) is 1. The topological polar surface area (TPSA) is 37.8 Å². The fourth-order valence-corrected chi connectivity index (χ4v) is 3.06. The van der Waals surface area contributed by atoms with E-state index in [1.54, 1.807) is 42.2 Å². The van der Waals surface area contributed by atoms with Crippen LogP contribution in [-0.2, 0) is 5.75 Å². The summed E-state index contributed by atoms with van der Waals surface area (Å²) in [6.07, 6.45) is 1.72. The molecule has 1 N–H and O–H groups in total. The van der Waals surface area contributed by atoms with E-state index in [9.17, 15) is 0 Å². The minimum Gasteiger partial charge on any atom is -0.339 e. The Balaban J connectivity index is 1.71. The van der Waals surface area contributed by atoms with Gasteiger partial charge in [0.2, 0.25) is 0 Å². The van der Waals surface area contributed by atoms with E-state index in [2.05, 4.69) is 27.4 Å². The lowest BCUT2D eigenvalue weighted by molar-refractivity contribution is 0.971. The Morgan fingerprint density at radius 2 is 1.83 bits per heavy atom. The summed E-state index contributed by atoms with van der Waals surface area (Å²) in [6, 6.07) is 17.3. The van der Waals surface area contributed by atoms with Gasteiger partial charge in [0.25, 0.3) is 0 Å². The van der Waals surface area contributed by atoms with Gasteiger partial charge in [-0.15, -0.1) is 0 Å². The van der Waals surface area contributed by atoms with E-state index in [4.69, 9.17) is 23.2 Å². The van der Waals surface area contributed by atoms with Crippen LogP contribution in [0.4, 0.5) is 11.5 Å². The summed E-state index contributed by atoms with van der Waals surface area (Å²) >= 11 is 13.7. The minimum absolute atomic E-state index is 0.589. The molecule has 0 aliphatic rings. The van der Waals surface area contributed by atoms with Gasteiger partial charge in [-0.1, -0.05) is 65.3 Å². The zero-order valence-corrected chi connectivity index (χ0v) is 14.4. The first-order chi connectivity index (χ1) is 11.2. The van der Waals surface area contributed by atoms with E-state index in [1.165, 1.54) is 5.56 Å². The number of aromatic nitrogens is 2. The molecule has 23 heavy (non-hydrogen) atoms. The predicted octanol–water partition coefficient (Wildman–Crippen LogP) is 5.82. The smallest absolute Gasteiger partial charge is 0.189 e. The maximum Gasteiger partial charge on any atom is 0.189 e. The van der Waals surface area contributed by atoms with E-state index in [0.717, 1.165) is 11.4 Å². The Bertz CT molecular complexity index is 797. The third-order valence-corrected chi connectivity index (χ3v) is 4.53. The van der Waals surface area contributed by atoms with Gasteiger partial charge < -0.3 is 5.32 Å². The molecule has 0 atom stereocenters. The van der Waals surface area contributed by atoms with Crippen molar-refractivity contribution in [3.63, 3.8) is 0 Å². The van der Waals surface area contributed by atoms with Crippen LogP contribution in [0.25, 0.3) is 0 Å². The second kappa shape index (κ2) is 7.68. The molecular formula is C17H13Cl2N3S. The molecule has 0 aliphatic heterocycles. The first kappa shape index (κ1) is 16.1. The maximum absolute atomic E-state index is 6.16. The molecule has 0 spiro atoms. The summed E-state index contributed by atoms with van der Waals surface area (Å²) in [5.74, 6) is 1.50. The molecule has 116 valence electrons. The van der Waals surface area contributed by atoms with Crippen LogP contribution >= 0.6 is 35.0 Å². The number of rotatable bonds is 5. The first-order valence-corrected chi connectivity index (χ1v) is 8.67. The third kappa shape index (κ3) is 4.61. The van der Waals surface area contributed by atoms with Gasteiger partial charge in [0.15, 0.2) is 5.16 Å². The molecule has 0 saturated heterocycles. The molecule has 6 heteroatoms. The summed E-state index contributed by atoms with van der Waals surface area (Å²) in [5, 5.41) is 5.08. The number of thioether (sulfide) groups is 1. The van der Waals surface area contributed by atoms with Crippen molar-refractivity contribution in [1.29, 1.82) is 0 Å². The molecule has 0 radical (unpaired) electrons. The fourth-order valence-electron chi connectivity index (χ4n) is 1.93. The number of benzene rings is 2. The zero-order valence-electron chi connectivity index (χ0n) is 12.0. The molecule has 0 unspecified atom stereocenters. The van der Waals surface area contributed by atoms with Crippen molar-refractivity contribution in [2.75, 3.05) is 5.32 Å². The lowest BCUT2D eigenvalue weighted by Crippen LogP contribution is -1.97. The van der Waals surface area contributed by atoms with Gasteiger partial charge in [-0.25, -0.2) is 9.97 Å². The predicted molar refractivity (Wildman–Crippen MR) is 97.8 cm³/mol. The molecule has 1 aromatic heterocycles. The second-order valence-electron chi connectivity index (χ2n) is 4.75. The van der Waals surface area contributed by atoms with Crippen LogP contribution in [0.5, 0.6) is 0 Å². The number of nitrogens with zero attached hydrogens (tertiary/aromatic N) is 2. The van der Waals surface area contributed by atoms with Crippen molar-refractivity contribution in [2.24, 2.45) is 0 Å². The highest BCUT2D eigenvalue weighted by Crippen LogP contribution is 2.28. The van der Waals surface area contributed by atoms with Crippen molar-refractivity contribution in [2.45, 2.75) is 10.9 Å². The highest BCUT2D eigenvalue weighted by Gasteiger charge is 2.05. The van der Waals surface area contributed by atoms with Gasteiger partial charge >= 0.3 is 0 Å². The van der Waals surface area contributed by atoms with Crippen LogP contribution in [0.2, 0.25) is 10.0 Å². The minimum atomic E-state index is 0.589. The molecule has 0 aliphatic carbocycles. The Morgan fingerprint density at radius 3 is 2.65 bits per heavy atom. The summed E-state index contributed by atoms with van der Waals surface area (Å²) in [5.41, 5.74) is 1.95. The first-order valence-electron chi connectivity index (χ1n) is 6.92. The van der Waals surface area contributed by atoms with Crippen molar-refractivity contribution >= 4 is 46.5 Å². The quantitative estimate of drug-likeness (QED) is 0.458.